The van der Waals surface area contributed by atoms with Gasteiger partial charge in [-0.05, 0) is 17.5 Å². The molecular weight excluding hydrogens is 442 g/mol. The highest BCUT2D eigenvalue weighted by molar-refractivity contribution is 7.88. The first-order valence-electron chi connectivity index (χ1n) is 10.8. The van der Waals surface area contributed by atoms with Gasteiger partial charge in [0.1, 0.15) is 6.04 Å². The third-order valence-electron chi connectivity index (χ3n) is 5.22. The molecule has 0 radical (unpaired) electrons. The molecule has 0 saturated heterocycles. The quantitative estimate of drug-likeness (QED) is 0.445. The summed E-state index contributed by atoms with van der Waals surface area (Å²) in [4.78, 5) is 28.1. The first kappa shape index (κ1) is 26.5. The molecule has 0 bridgehead atoms. The Balaban J connectivity index is 2.36. The fourth-order valence-corrected chi connectivity index (χ4v) is 3.62. The maximum Gasteiger partial charge on any atom is 0.243 e. The minimum absolute atomic E-state index is 0.181. The average Bonchev–Trinajstić information content (AvgIpc) is 2.79. The van der Waals surface area contributed by atoms with Crippen molar-refractivity contribution in [3.05, 3.63) is 71.8 Å². The number of carbonyl (C=O) groups excluding carboxylic acids is 2. The fraction of sp³-hybridized carbons (Fsp3) is 0.417. The van der Waals surface area contributed by atoms with Gasteiger partial charge in [-0.3, -0.25) is 9.59 Å². The van der Waals surface area contributed by atoms with E-state index >= 15 is 0 Å². The molecule has 2 rings (SSSR count). The van der Waals surface area contributed by atoms with E-state index in [2.05, 4.69) is 5.32 Å². The lowest BCUT2D eigenvalue weighted by Gasteiger charge is -2.32. The number of amides is 2. The molecule has 0 spiro atoms. The average molecular weight is 476 g/mol. The van der Waals surface area contributed by atoms with Crippen molar-refractivity contribution < 1.29 is 22.7 Å². The van der Waals surface area contributed by atoms with E-state index in [1.807, 2.05) is 60.7 Å². The molecule has 0 unspecified atom stereocenters. The largest absolute Gasteiger partial charge is 0.385 e. The Bertz CT molecular complexity index is 984. The van der Waals surface area contributed by atoms with Crippen molar-refractivity contribution in [2.45, 2.75) is 25.4 Å². The van der Waals surface area contributed by atoms with E-state index in [4.69, 9.17) is 4.74 Å². The second-order valence-corrected chi connectivity index (χ2v) is 9.96. The molecular formula is C24H33N3O5S. The molecule has 0 heterocycles. The predicted molar refractivity (Wildman–Crippen MR) is 128 cm³/mol. The van der Waals surface area contributed by atoms with E-state index in [0.717, 1.165) is 21.7 Å². The summed E-state index contributed by atoms with van der Waals surface area (Å²) in [6.45, 7) is 0.748. The lowest BCUT2D eigenvalue weighted by atomic mass is 10.0. The Morgan fingerprint density at radius 3 is 2.12 bits per heavy atom. The number of ether oxygens (including phenoxy) is 1. The van der Waals surface area contributed by atoms with Crippen LogP contribution in [0.2, 0.25) is 0 Å². The summed E-state index contributed by atoms with van der Waals surface area (Å²) < 4.78 is 29.8. The second-order valence-electron chi connectivity index (χ2n) is 7.87. The maximum atomic E-state index is 13.3. The molecule has 2 aromatic carbocycles. The summed E-state index contributed by atoms with van der Waals surface area (Å²) in [6, 6.07) is 18.0. The number of benzene rings is 2. The van der Waals surface area contributed by atoms with Crippen molar-refractivity contribution in [3.8, 4) is 0 Å². The minimum atomic E-state index is -3.56. The van der Waals surface area contributed by atoms with Crippen LogP contribution < -0.4 is 5.32 Å². The summed E-state index contributed by atoms with van der Waals surface area (Å²) in [7, 11) is -0.610. The van der Waals surface area contributed by atoms with Gasteiger partial charge in [0.05, 0.1) is 12.8 Å². The van der Waals surface area contributed by atoms with Gasteiger partial charge in [-0.25, -0.2) is 8.42 Å². The maximum absolute atomic E-state index is 13.3. The molecule has 0 aromatic heterocycles. The molecule has 1 atom stereocenters. The molecule has 1 N–H and O–H groups in total. The molecule has 0 aliphatic heterocycles. The number of methoxy groups -OCH3 is 1. The molecule has 180 valence electrons. The third kappa shape index (κ3) is 8.95. The molecule has 9 heteroatoms. The molecule has 2 amide bonds. The normalized spacial score (nSPS) is 12.4. The lowest BCUT2D eigenvalue weighted by molar-refractivity contribution is -0.141. The standard InChI is InChI=1S/C24H33N3O5S/c1-26(33(3,30)31)19-23(28)27(18-21-13-8-5-9-14-21)22(17-20-11-6-4-7-12-20)24(29)25-15-10-16-32-2/h4-9,11-14,22H,10,15-19H2,1-3H3,(H,25,29)/t22-/m0/s1. The van der Waals surface area contributed by atoms with Gasteiger partial charge in [0.25, 0.3) is 0 Å². The van der Waals surface area contributed by atoms with Gasteiger partial charge >= 0.3 is 0 Å². The van der Waals surface area contributed by atoms with Crippen molar-refractivity contribution in [1.82, 2.24) is 14.5 Å². The molecule has 0 saturated carbocycles. The number of carbonyl (C=O) groups is 2. The van der Waals surface area contributed by atoms with E-state index in [1.54, 1.807) is 7.11 Å². The van der Waals surface area contributed by atoms with Crippen LogP contribution in [0.4, 0.5) is 0 Å². The minimum Gasteiger partial charge on any atom is -0.385 e. The van der Waals surface area contributed by atoms with E-state index in [-0.39, 0.29) is 19.0 Å². The summed E-state index contributed by atoms with van der Waals surface area (Å²) in [5.41, 5.74) is 1.75. The molecule has 33 heavy (non-hydrogen) atoms. The first-order valence-corrected chi connectivity index (χ1v) is 12.6. The number of hydrogen-bond donors (Lipinski definition) is 1. The van der Waals surface area contributed by atoms with E-state index in [0.29, 0.717) is 26.0 Å². The highest BCUT2D eigenvalue weighted by Gasteiger charge is 2.31. The third-order valence-corrected chi connectivity index (χ3v) is 6.48. The zero-order chi connectivity index (χ0) is 24.3. The topological polar surface area (TPSA) is 96.0 Å². The molecule has 0 aliphatic rings. The Kier molecular flexibility index (Phi) is 10.5. The van der Waals surface area contributed by atoms with Gasteiger partial charge < -0.3 is 15.0 Å². The fourth-order valence-electron chi connectivity index (χ4n) is 3.28. The van der Waals surface area contributed by atoms with Crippen LogP contribution in [0.3, 0.4) is 0 Å². The molecule has 8 nitrogen and oxygen atoms in total. The lowest BCUT2D eigenvalue weighted by Crippen LogP contribution is -2.53. The van der Waals surface area contributed by atoms with E-state index in [9.17, 15) is 18.0 Å². The highest BCUT2D eigenvalue weighted by Crippen LogP contribution is 2.15. The van der Waals surface area contributed by atoms with Crippen molar-refractivity contribution in [1.29, 1.82) is 0 Å². The molecule has 0 aliphatic carbocycles. The number of nitrogens with zero attached hydrogens (tertiary/aromatic N) is 2. The van der Waals surface area contributed by atoms with Gasteiger partial charge in [-0.2, -0.15) is 4.31 Å². The Morgan fingerprint density at radius 2 is 1.58 bits per heavy atom. The van der Waals surface area contributed by atoms with Crippen molar-refractivity contribution in [2.75, 3.05) is 40.1 Å². The van der Waals surface area contributed by atoms with Crippen LogP contribution in [0, 0.1) is 0 Å². The SMILES string of the molecule is COCCCNC(=O)[C@H](Cc1ccccc1)N(Cc1ccccc1)C(=O)CN(C)S(C)(=O)=O. The summed E-state index contributed by atoms with van der Waals surface area (Å²) in [5, 5.41) is 2.90. The van der Waals surface area contributed by atoms with Gasteiger partial charge in [-0.15, -0.1) is 0 Å². The van der Waals surface area contributed by atoms with Crippen LogP contribution in [0.5, 0.6) is 0 Å². The van der Waals surface area contributed by atoms with Gasteiger partial charge in [0, 0.05) is 40.3 Å². The number of rotatable bonds is 13. The Hall–Kier alpha value is -2.75. The monoisotopic (exact) mass is 475 g/mol. The van der Waals surface area contributed by atoms with Gasteiger partial charge in [0.2, 0.25) is 21.8 Å². The van der Waals surface area contributed by atoms with Crippen LogP contribution in [0.15, 0.2) is 60.7 Å². The summed E-state index contributed by atoms with van der Waals surface area (Å²) in [6.07, 6.45) is 1.99. The molecule has 2 aromatic rings. The summed E-state index contributed by atoms with van der Waals surface area (Å²) >= 11 is 0. The van der Waals surface area contributed by atoms with Crippen LogP contribution in [-0.2, 0) is 37.3 Å². The van der Waals surface area contributed by atoms with E-state index in [1.165, 1.54) is 11.9 Å². The highest BCUT2D eigenvalue weighted by atomic mass is 32.2. The summed E-state index contributed by atoms with van der Waals surface area (Å²) in [5.74, 6) is -0.735. The van der Waals surface area contributed by atoms with Crippen LogP contribution in [-0.4, -0.2) is 75.6 Å². The second kappa shape index (κ2) is 13.1. The number of sulfonamides is 1. The van der Waals surface area contributed by atoms with Crippen molar-refractivity contribution in [3.63, 3.8) is 0 Å². The number of nitrogens with one attached hydrogen (secondary N) is 1. The number of likely N-dealkylation sites (N-methyl/N-ethyl adjacent to an activating group) is 1. The zero-order valence-electron chi connectivity index (χ0n) is 19.4. The molecule has 0 fully saturated rings. The van der Waals surface area contributed by atoms with Crippen LogP contribution in [0.25, 0.3) is 0 Å². The van der Waals surface area contributed by atoms with Crippen molar-refractivity contribution >= 4 is 21.8 Å². The van der Waals surface area contributed by atoms with Crippen LogP contribution >= 0.6 is 0 Å². The van der Waals surface area contributed by atoms with Crippen LogP contribution in [0.1, 0.15) is 17.5 Å². The van der Waals surface area contributed by atoms with Gasteiger partial charge in [0.15, 0.2) is 0 Å². The van der Waals surface area contributed by atoms with E-state index < -0.39 is 22.0 Å². The zero-order valence-corrected chi connectivity index (χ0v) is 20.3. The predicted octanol–water partition coefficient (Wildman–Crippen LogP) is 1.67. The van der Waals surface area contributed by atoms with Crippen molar-refractivity contribution in [2.24, 2.45) is 0 Å². The first-order chi connectivity index (χ1) is 15.7. The number of hydrogen-bond acceptors (Lipinski definition) is 5. The Morgan fingerprint density at radius 1 is 1.00 bits per heavy atom. The smallest absolute Gasteiger partial charge is 0.243 e. The Labute approximate surface area is 196 Å². The van der Waals surface area contributed by atoms with Gasteiger partial charge in [-0.1, -0.05) is 60.7 Å².